The van der Waals surface area contributed by atoms with E-state index < -0.39 is 11.7 Å². The third-order valence-corrected chi connectivity index (χ3v) is 10.2. The van der Waals surface area contributed by atoms with Crippen LogP contribution in [0.3, 0.4) is 0 Å². The quantitative estimate of drug-likeness (QED) is 0.673. The van der Waals surface area contributed by atoms with E-state index in [1.807, 2.05) is 6.92 Å². The minimum Gasteiger partial charge on any atom is -0.463 e. The first kappa shape index (κ1) is 22.1. The SMILES string of the molecule is CC(=O)O[C@H]1CC[C@@]2(C)[C@@H](CC[C@H]3[C@H]2CC[C@@]2(C)[C@@H]3CC[C@@]2(O)[C@H](C)OC(C)=O)C1. The highest BCUT2D eigenvalue weighted by Crippen LogP contribution is 2.68. The molecule has 1 N–H and O–H groups in total. The van der Waals surface area contributed by atoms with Crippen molar-refractivity contribution in [3.63, 3.8) is 0 Å². The molecule has 0 amide bonds. The number of esters is 2. The van der Waals surface area contributed by atoms with Gasteiger partial charge in [0.25, 0.3) is 0 Å². The summed E-state index contributed by atoms with van der Waals surface area (Å²) in [6.45, 7) is 9.57. The Bertz CT molecular complexity index is 706. The zero-order valence-electron chi connectivity index (χ0n) is 19.4. The molecular formula is C25H40O5. The van der Waals surface area contributed by atoms with Crippen LogP contribution in [0.25, 0.3) is 0 Å². The maximum atomic E-state index is 11.7. The minimum atomic E-state index is -0.932. The fraction of sp³-hybridized carbons (Fsp3) is 0.920. The van der Waals surface area contributed by atoms with Gasteiger partial charge in [0.15, 0.2) is 0 Å². The third kappa shape index (κ3) is 3.22. The molecule has 4 fully saturated rings. The minimum absolute atomic E-state index is 0.0899. The van der Waals surface area contributed by atoms with Crippen LogP contribution in [0.1, 0.15) is 92.4 Å². The Kier molecular flexibility index (Phi) is 5.52. The highest BCUT2D eigenvalue weighted by molar-refractivity contribution is 5.66. The zero-order chi connectivity index (χ0) is 21.9. The molecule has 0 aromatic rings. The molecule has 0 aromatic heterocycles. The van der Waals surface area contributed by atoms with Crippen molar-refractivity contribution in [2.45, 2.75) is 110 Å². The summed E-state index contributed by atoms with van der Waals surface area (Å²) in [6, 6.07) is 0. The molecule has 4 rings (SSSR count). The van der Waals surface area contributed by atoms with E-state index in [1.165, 1.54) is 26.7 Å². The second-order valence-electron chi connectivity index (χ2n) is 11.3. The van der Waals surface area contributed by atoms with Gasteiger partial charge in [0.05, 0.1) is 0 Å². The number of carbonyl (C=O) groups excluding carboxylic acids is 2. The summed E-state index contributed by atoms with van der Waals surface area (Å²) in [4.78, 5) is 23.0. The van der Waals surface area contributed by atoms with Crippen LogP contribution in [0.4, 0.5) is 0 Å². The number of hydrogen-bond acceptors (Lipinski definition) is 5. The summed E-state index contributed by atoms with van der Waals surface area (Å²) in [7, 11) is 0. The molecule has 4 aliphatic rings. The first-order valence-corrected chi connectivity index (χ1v) is 12.1. The van der Waals surface area contributed by atoms with Gasteiger partial charge in [0.1, 0.15) is 17.8 Å². The Labute approximate surface area is 181 Å². The van der Waals surface area contributed by atoms with Gasteiger partial charge in [-0.25, -0.2) is 0 Å². The normalized spacial score (nSPS) is 48.7. The van der Waals surface area contributed by atoms with Gasteiger partial charge in [0, 0.05) is 19.3 Å². The molecule has 0 aromatic carbocycles. The number of hydrogen-bond donors (Lipinski definition) is 1. The second-order valence-corrected chi connectivity index (χ2v) is 11.3. The van der Waals surface area contributed by atoms with Crippen molar-refractivity contribution in [2.24, 2.45) is 34.5 Å². The van der Waals surface area contributed by atoms with E-state index in [2.05, 4.69) is 13.8 Å². The van der Waals surface area contributed by atoms with E-state index in [0.29, 0.717) is 29.1 Å². The summed E-state index contributed by atoms with van der Waals surface area (Å²) in [5.41, 5.74) is -0.816. The highest BCUT2D eigenvalue weighted by Gasteiger charge is 2.66. The smallest absolute Gasteiger partial charge is 0.302 e. The molecule has 4 aliphatic carbocycles. The maximum Gasteiger partial charge on any atom is 0.302 e. The Hall–Kier alpha value is -1.10. The Morgan fingerprint density at radius 2 is 1.63 bits per heavy atom. The second kappa shape index (κ2) is 7.50. The molecular weight excluding hydrogens is 380 g/mol. The van der Waals surface area contributed by atoms with Crippen molar-refractivity contribution in [1.29, 1.82) is 0 Å². The van der Waals surface area contributed by atoms with E-state index in [1.54, 1.807) is 0 Å². The third-order valence-electron chi connectivity index (χ3n) is 10.2. The van der Waals surface area contributed by atoms with E-state index >= 15 is 0 Å². The molecule has 4 saturated carbocycles. The van der Waals surface area contributed by atoms with Crippen molar-refractivity contribution in [3.8, 4) is 0 Å². The highest BCUT2D eigenvalue weighted by atomic mass is 16.6. The van der Waals surface area contributed by atoms with Gasteiger partial charge in [-0.3, -0.25) is 9.59 Å². The van der Waals surface area contributed by atoms with Gasteiger partial charge < -0.3 is 14.6 Å². The molecule has 5 heteroatoms. The molecule has 0 saturated heterocycles. The summed E-state index contributed by atoms with van der Waals surface area (Å²) < 4.78 is 11.1. The van der Waals surface area contributed by atoms with Gasteiger partial charge >= 0.3 is 11.9 Å². The molecule has 0 heterocycles. The molecule has 0 spiro atoms. The molecule has 5 nitrogen and oxygen atoms in total. The predicted octanol–water partition coefficient (Wildman–Crippen LogP) is 4.64. The standard InChI is InChI=1S/C25H40O5/c1-15(29-16(2)26)25(28)13-10-22-20-7-6-18-14-19(30-17(3)27)8-11-23(18,4)21(20)9-12-24(22,25)5/h15,18-22,28H,6-14H2,1-5H3/t15-,18-,19-,20-,21+,22+,23-,24-,25+/m0/s1. The van der Waals surface area contributed by atoms with Crippen LogP contribution in [-0.2, 0) is 19.1 Å². The summed E-state index contributed by atoms with van der Waals surface area (Å²) in [6.07, 6.45) is 9.02. The van der Waals surface area contributed by atoms with Crippen molar-refractivity contribution in [3.05, 3.63) is 0 Å². The Morgan fingerprint density at radius 1 is 0.933 bits per heavy atom. The van der Waals surface area contributed by atoms with Crippen LogP contribution in [0, 0.1) is 34.5 Å². The van der Waals surface area contributed by atoms with Crippen LogP contribution in [-0.4, -0.2) is 34.9 Å². The van der Waals surface area contributed by atoms with Gasteiger partial charge in [-0.05, 0) is 93.8 Å². The number of aliphatic hydroxyl groups is 1. The average Bonchev–Trinajstić information content (AvgIpc) is 2.93. The van der Waals surface area contributed by atoms with Crippen molar-refractivity contribution < 1.29 is 24.2 Å². The molecule has 0 radical (unpaired) electrons. The monoisotopic (exact) mass is 420 g/mol. The van der Waals surface area contributed by atoms with Crippen LogP contribution >= 0.6 is 0 Å². The molecule has 170 valence electrons. The summed E-state index contributed by atoms with van der Waals surface area (Å²) in [5.74, 6) is 1.96. The first-order chi connectivity index (χ1) is 14.0. The lowest BCUT2D eigenvalue weighted by Gasteiger charge is -2.62. The molecule has 9 atom stereocenters. The van der Waals surface area contributed by atoms with E-state index in [4.69, 9.17) is 9.47 Å². The van der Waals surface area contributed by atoms with E-state index in [0.717, 1.165) is 44.9 Å². The summed E-state index contributed by atoms with van der Waals surface area (Å²) in [5, 5.41) is 11.7. The molecule has 0 aliphatic heterocycles. The number of rotatable bonds is 3. The lowest BCUT2D eigenvalue weighted by atomic mass is 9.44. The van der Waals surface area contributed by atoms with Crippen molar-refractivity contribution in [2.75, 3.05) is 0 Å². The fourth-order valence-electron chi connectivity index (χ4n) is 8.63. The van der Waals surface area contributed by atoms with Crippen LogP contribution in [0.5, 0.6) is 0 Å². The zero-order valence-corrected chi connectivity index (χ0v) is 19.4. The fourth-order valence-corrected chi connectivity index (χ4v) is 8.63. The van der Waals surface area contributed by atoms with E-state index in [9.17, 15) is 14.7 Å². The van der Waals surface area contributed by atoms with Crippen molar-refractivity contribution >= 4 is 11.9 Å². The largest absolute Gasteiger partial charge is 0.463 e. The maximum absolute atomic E-state index is 11.7. The van der Waals surface area contributed by atoms with Crippen LogP contribution < -0.4 is 0 Å². The topological polar surface area (TPSA) is 72.8 Å². The summed E-state index contributed by atoms with van der Waals surface area (Å²) >= 11 is 0. The Morgan fingerprint density at radius 3 is 2.30 bits per heavy atom. The van der Waals surface area contributed by atoms with Gasteiger partial charge in [-0.2, -0.15) is 0 Å². The Balaban J connectivity index is 1.54. The van der Waals surface area contributed by atoms with Crippen LogP contribution in [0.2, 0.25) is 0 Å². The average molecular weight is 421 g/mol. The molecule has 30 heavy (non-hydrogen) atoms. The van der Waals surface area contributed by atoms with Gasteiger partial charge in [-0.1, -0.05) is 13.8 Å². The van der Waals surface area contributed by atoms with Crippen LogP contribution in [0.15, 0.2) is 0 Å². The van der Waals surface area contributed by atoms with Gasteiger partial charge in [-0.15, -0.1) is 0 Å². The first-order valence-electron chi connectivity index (χ1n) is 12.1. The number of ether oxygens (including phenoxy) is 2. The molecule has 0 bridgehead atoms. The lowest BCUT2D eigenvalue weighted by molar-refractivity contribution is -0.201. The van der Waals surface area contributed by atoms with E-state index in [-0.39, 0.29) is 23.5 Å². The number of fused-ring (bicyclic) bond motifs is 5. The van der Waals surface area contributed by atoms with Gasteiger partial charge in [0.2, 0.25) is 0 Å². The molecule has 0 unspecified atom stereocenters. The lowest BCUT2D eigenvalue weighted by Crippen LogP contribution is -2.60. The van der Waals surface area contributed by atoms with Crippen molar-refractivity contribution in [1.82, 2.24) is 0 Å². The predicted molar refractivity (Wildman–Crippen MR) is 113 cm³/mol. The number of carbonyl (C=O) groups is 2.